The van der Waals surface area contributed by atoms with E-state index in [1.54, 1.807) is 11.3 Å². The van der Waals surface area contributed by atoms with Crippen LogP contribution in [0, 0.1) is 6.92 Å². The first kappa shape index (κ1) is 7.96. The van der Waals surface area contributed by atoms with Gasteiger partial charge in [-0.1, -0.05) is 5.16 Å². The van der Waals surface area contributed by atoms with Gasteiger partial charge in [-0.15, -0.1) is 11.3 Å². The molecule has 2 heterocycles. The third-order valence-corrected chi connectivity index (χ3v) is 2.24. The van der Waals surface area contributed by atoms with Crippen molar-refractivity contribution in [3.63, 3.8) is 0 Å². The van der Waals surface area contributed by atoms with Gasteiger partial charge in [0.2, 0.25) is 0 Å². The predicted octanol–water partition coefficient (Wildman–Crippen LogP) is 2.20. The van der Waals surface area contributed by atoms with Crippen molar-refractivity contribution in [1.82, 2.24) is 5.16 Å². The number of rotatable bonds is 0. The van der Waals surface area contributed by atoms with Crippen molar-refractivity contribution >= 4 is 21.6 Å². The minimum absolute atomic E-state index is 0. The summed E-state index contributed by atoms with van der Waals surface area (Å²) < 4.78 is 6.11. The van der Waals surface area contributed by atoms with E-state index in [0.29, 0.717) is 0 Å². The summed E-state index contributed by atoms with van der Waals surface area (Å²) in [6, 6.07) is 1.93. The topological polar surface area (TPSA) is 26.0 Å². The third kappa shape index (κ3) is 1.04. The van der Waals surface area contributed by atoms with E-state index in [1.807, 2.05) is 18.4 Å². The average Bonchev–Trinajstić information content (AvgIpc) is 2.35. The number of hydrogen-bond acceptors (Lipinski definition) is 3. The third-order valence-electron chi connectivity index (χ3n) is 1.24. The van der Waals surface area contributed by atoms with Crippen LogP contribution in [0.25, 0.3) is 10.3 Å². The molecule has 4 heteroatoms. The molecular weight excluding hydrogens is 329 g/mol. The molecule has 0 bridgehead atoms. The molecule has 0 N–H and O–H groups in total. The Bertz CT molecular complexity index is 327. The Labute approximate surface area is 76.5 Å². The minimum atomic E-state index is 0. The number of hydrogen-bond donors (Lipinski definition) is 0. The Balaban J connectivity index is 0.000000500. The van der Waals surface area contributed by atoms with Gasteiger partial charge in [0.25, 0.3) is 0 Å². The van der Waals surface area contributed by atoms with Crippen molar-refractivity contribution in [2.45, 2.75) is 6.92 Å². The molecular formula is C6H5NOPtS. The molecule has 10 heavy (non-hydrogen) atoms. The molecule has 0 saturated heterocycles. The molecule has 0 unspecified atom stereocenters. The standard InChI is InChI=1S/C6H5NOS.Pt/c1-4-6-5(8-7-4)2-3-9-6;/h2-3H,1H3;. The number of aryl methyl sites for hydroxylation is 1. The van der Waals surface area contributed by atoms with Gasteiger partial charge in [0, 0.05) is 21.1 Å². The van der Waals surface area contributed by atoms with Crippen molar-refractivity contribution in [2.75, 3.05) is 0 Å². The van der Waals surface area contributed by atoms with E-state index < -0.39 is 0 Å². The molecule has 0 aliphatic carbocycles. The van der Waals surface area contributed by atoms with Crippen molar-refractivity contribution in [1.29, 1.82) is 0 Å². The number of thiophene rings is 1. The summed E-state index contributed by atoms with van der Waals surface area (Å²) in [6.07, 6.45) is 0. The summed E-state index contributed by atoms with van der Waals surface area (Å²) in [7, 11) is 0. The van der Waals surface area contributed by atoms with Gasteiger partial charge in [0.1, 0.15) is 0 Å². The second-order valence-corrected chi connectivity index (χ2v) is 2.80. The van der Waals surface area contributed by atoms with E-state index >= 15 is 0 Å². The van der Waals surface area contributed by atoms with Crippen molar-refractivity contribution in [2.24, 2.45) is 0 Å². The predicted molar refractivity (Wildman–Crippen MR) is 36.6 cm³/mol. The summed E-state index contributed by atoms with van der Waals surface area (Å²) in [4.78, 5) is 0. The first-order valence-electron chi connectivity index (χ1n) is 2.67. The van der Waals surface area contributed by atoms with Gasteiger partial charge in [0.15, 0.2) is 5.58 Å². The number of nitrogens with zero attached hydrogens (tertiary/aromatic N) is 1. The van der Waals surface area contributed by atoms with Crippen LogP contribution >= 0.6 is 11.3 Å². The molecule has 0 amide bonds. The van der Waals surface area contributed by atoms with Crippen LogP contribution in [0.4, 0.5) is 0 Å². The molecule has 0 aliphatic rings. The quantitative estimate of drug-likeness (QED) is 0.738. The smallest absolute Gasteiger partial charge is 0.177 e. The SMILES string of the molecule is Cc1noc2ccsc12.[Pt]. The monoisotopic (exact) mass is 334 g/mol. The van der Waals surface area contributed by atoms with E-state index in [9.17, 15) is 0 Å². The zero-order valence-electron chi connectivity index (χ0n) is 5.23. The van der Waals surface area contributed by atoms with Crippen molar-refractivity contribution in [3.05, 3.63) is 17.1 Å². The fraction of sp³-hybridized carbons (Fsp3) is 0.167. The maximum Gasteiger partial charge on any atom is 0.177 e. The van der Waals surface area contributed by atoms with E-state index in [1.165, 1.54) is 0 Å². The van der Waals surface area contributed by atoms with Crippen LogP contribution in [0.15, 0.2) is 16.0 Å². The molecule has 0 radical (unpaired) electrons. The Hall–Kier alpha value is -0.142. The van der Waals surface area contributed by atoms with Gasteiger partial charge < -0.3 is 4.52 Å². The first-order valence-corrected chi connectivity index (χ1v) is 3.55. The van der Waals surface area contributed by atoms with E-state index in [2.05, 4.69) is 5.16 Å². The Kier molecular flexibility index (Phi) is 2.27. The van der Waals surface area contributed by atoms with Gasteiger partial charge in [0.05, 0.1) is 10.4 Å². The van der Waals surface area contributed by atoms with E-state index in [0.717, 1.165) is 16.0 Å². The molecule has 2 nitrogen and oxygen atoms in total. The van der Waals surface area contributed by atoms with Crippen LogP contribution in [-0.4, -0.2) is 5.16 Å². The Morgan fingerprint density at radius 1 is 1.60 bits per heavy atom. The van der Waals surface area contributed by atoms with Crippen LogP contribution < -0.4 is 0 Å². The van der Waals surface area contributed by atoms with Crippen molar-refractivity contribution in [3.8, 4) is 0 Å². The van der Waals surface area contributed by atoms with Gasteiger partial charge in [-0.05, 0) is 18.4 Å². The maximum atomic E-state index is 4.95. The molecule has 0 spiro atoms. The van der Waals surface area contributed by atoms with E-state index in [-0.39, 0.29) is 21.1 Å². The first-order chi connectivity index (χ1) is 4.38. The Morgan fingerprint density at radius 2 is 2.40 bits per heavy atom. The summed E-state index contributed by atoms with van der Waals surface area (Å²) in [6.45, 7) is 1.95. The summed E-state index contributed by atoms with van der Waals surface area (Å²) in [5.41, 5.74) is 1.89. The molecule has 2 aromatic rings. The van der Waals surface area contributed by atoms with Crippen LogP contribution in [0.3, 0.4) is 0 Å². The van der Waals surface area contributed by atoms with Crippen LogP contribution in [0.5, 0.6) is 0 Å². The fourth-order valence-electron chi connectivity index (χ4n) is 0.792. The zero-order valence-corrected chi connectivity index (χ0v) is 8.32. The zero-order chi connectivity index (χ0) is 6.27. The van der Waals surface area contributed by atoms with Gasteiger partial charge in [-0.2, -0.15) is 0 Å². The van der Waals surface area contributed by atoms with Gasteiger partial charge in [-0.3, -0.25) is 0 Å². The average molecular weight is 334 g/mol. The normalized spacial score (nSPS) is 9.70. The largest absolute Gasteiger partial charge is 0.355 e. The van der Waals surface area contributed by atoms with Gasteiger partial charge in [-0.25, -0.2) is 0 Å². The summed E-state index contributed by atoms with van der Waals surface area (Å²) in [5.74, 6) is 0. The van der Waals surface area contributed by atoms with Crippen LogP contribution in [0.1, 0.15) is 5.69 Å². The summed E-state index contributed by atoms with van der Waals surface area (Å²) >= 11 is 1.66. The second-order valence-electron chi connectivity index (χ2n) is 1.88. The second kappa shape index (κ2) is 2.85. The van der Waals surface area contributed by atoms with Crippen LogP contribution in [-0.2, 0) is 21.1 Å². The molecule has 0 atom stereocenters. The molecule has 0 saturated carbocycles. The Morgan fingerprint density at radius 3 is 3.10 bits per heavy atom. The maximum absolute atomic E-state index is 4.95. The minimum Gasteiger partial charge on any atom is -0.355 e. The molecule has 2 rings (SSSR count). The fourth-order valence-corrected chi connectivity index (χ4v) is 1.55. The van der Waals surface area contributed by atoms with E-state index in [4.69, 9.17) is 4.52 Å². The molecule has 0 fully saturated rings. The molecule has 0 aliphatic heterocycles. The van der Waals surface area contributed by atoms with Gasteiger partial charge >= 0.3 is 0 Å². The molecule has 56 valence electrons. The van der Waals surface area contributed by atoms with Crippen molar-refractivity contribution < 1.29 is 25.6 Å². The molecule has 2 aromatic heterocycles. The van der Waals surface area contributed by atoms with Crippen LogP contribution in [0.2, 0.25) is 0 Å². The number of aromatic nitrogens is 1. The number of fused-ring (bicyclic) bond motifs is 1. The molecule has 0 aromatic carbocycles. The summed E-state index contributed by atoms with van der Waals surface area (Å²) in [5, 5.41) is 5.79.